The largest absolute Gasteiger partial charge is 0.350 e. The van der Waals surface area contributed by atoms with Gasteiger partial charge in [-0.2, -0.15) is 0 Å². The topological polar surface area (TPSA) is 64.7 Å². The molecule has 0 radical (unpaired) electrons. The zero-order chi connectivity index (χ0) is 20.0. The maximum Gasteiger partial charge on any atom is 0.238 e. The number of carbonyl (C=O) groups is 2. The molecule has 2 rings (SSSR count). The lowest BCUT2D eigenvalue weighted by molar-refractivity contribution is -0.123. The van der Waals surface area contributed by atoms with Crippen molar-refractivity contribution < 1.29 is 9.59 Å². The van der Waals surface area contributed by atoms with Gasteiger partial charge in [0.15, 0.2) is 0 Å². The standard InChI is InChI=1S/C19H28Cl2N4O2/c1-19(2,3)23-17(27)13-25-9-5-8-24(10-11-25)12-16(26)22-15-7-4-6-14(20)18(15)21/h4,6-7H,5,8-13H2,1-3H3,(H,22,26)(H,23,27). The van der Waals surface area contributed by atoms with E-state index in [9.17, 15) is 9.59 Å². The van der Waals surface area contributed by atoms with Gasteiger partial charge in [0.1, 0.15) is 0 Å². The quantitative estimate of drug-likeness (QED) is 0.777. The number of carbonyl (C=O) groups excluding carboxylic acids is 2. The Kier molecular flexibility index (Phi) is 7.91. The third-order valence-corrected chi connectivity index (χ3v) is 4.97. The highest BCUT2D eigenvalue weighted by Crippen LogP contribution is 2.29. The van der Waals surface area contributed by atoms with Crippen LogP contribution < -0.4 is 10.6 Å². The van der Waals surface area contributed by atoms with Crippen LogP contribution in [0.1, 0.15) is 27.2 Å². The second-order valence-corrected chi connectivity index (χ2v) is 8.64. The van der Waals surface area contributed by atoms with Crippen LogP contribution in [0.15, 0.2) is 18.2 Å². The molecule has 0 aliphatic carbocycles. The fourth-order valence-electron chi connectivity index (χ4n) is 2.99. The molecule has 27 heavy (non-hydrogen) atoms. The molecule has 1 heterocycles. The average molecular weight is 415 g/mol. The van der Waals surface area contributed by atoms with Crippen LogP contribution >= 0.6 is 23.2 Å². The van der Waals surface area contributed by atoms with Gasteiger partial charge in [0.05, 0.1) is 28.8 Å². The Morgan fingerprint density at radius 2 is 1.59 bits per heavy atom. The molecule has 6 nitrogen and oxygen atoms in total. The first kappa shape index (κ1) is 22.0. The lowest BCUT2D eigenvalue weighted by atomic mass is 10.1. The zero-order valence-corrected chi connectivity index (χ0v) is 17.7. The van der Waals surface area contributed by atoms with Gasteiger partial charge in [0.2, 0.25) is 11.8 Å². The van der Waals surface area contributed by atoms with E-state index < -0.39 is 0 Å². The Hall–Kier alpha value is -1.34. The summed E-state index contributed by atoms with van der Waals surface area (Å²) in [5.41, 5.74) is 0.291. The summed E-state index contributed by atoms with van der Waals surface area (Å²) in [5.74, 6) is -0.0950. The Labute approximate surface area is 171 Å². The summed E-state index contributed by atoms with van der Waals surface area (Å²) >= 11 is 12.1. The first-order valence-corrected chi connectivity index (χ1v) is 9.89. The number of hydrogen-bond donors (Lipinski definition) is 2. The molecular weight excluding hydrogens is 387 g/mol. The highest BCUT2D eigenvalue weighted by Gasteiger charge is 2.21. The van der Waals surface area contributed by atoms with Crippen LogP contribution in [0.5, 0.6) is 0 Å². The van der Waals surface area contributed by atoms with E-state index >= 15 is 0 Å². The Balaban J connectivity index is 1.81. The summed E-state index contributed by atoms with van der Waals surface area (Å²) in [6.07, 6.45) is 0.911. The molecule has 0 saturated carbocycles. The van der Waals surface area contributed by atoms with Crippen molar-refractivity contribution in [2.45, 2.75) is 32.7 Å². The van der Waals surface area contributed by atoms with Crippen molar-refractivity contribution in [3.8, 4) is 0 Å². The van der Waals surface area contributed by atoms with Crippen molar-refractivity contribution in [1.82, 2.24) is 15.1 Å². The van der Waals surface area contributed by atoms with Crippen LogP contribution in [-0.4, -0.2) is 66.4 Å². The molecule has 1 aliphatic heterocycles. The van der Waals surface area contributed by atoms with E-state index in [-0.39, 0.29) is 23.9 Å². The summed E-state index contributed by atoms with van der Waals surface area (Å²) in [4.78, 5) is 28.7. The Bertz CT molecular complexity index is 676. The molecule has 1 aromatic carbocycles. The minimum absolute atomic E-state index is 0.0318. The maximum atomic E-state index is 12.3. The second kappa shape index (κ2) is 9.73. The van der Waals surface area contributed by atoms with Crippen molar-refractivity contribution >= 4 is 40.7 Å². The monoisotopic (exact) mass is 414 g/mol. The minimum Gasteiger partial charge on any atom is -0.350 e. The van der Waals surface area contributed by atoms with Crippen LogP contribution in [0.3, 0.4) is 0 Å². The fourth-order valence-corrected chi connectivity index (χ4v) is 3.34. The maximum absolute atomic E-state index is 12.3. The van der Waals surface area contributed by atoms with Crippen molar-refractivity contribution in [2.24, 2.45) is 0 Å². The molecule has 1 saturated heterocycles. The molecule has 0 unspecified atom stereocenters. The molecule has 0 spiro atoms. The predicted molar refractivity (Wildman–Crippen MR) is 110 cm³/mol. The number of nitrogens with one attached hydrogen (secondary N) is 2. The molecule has 150 valence electrons. The highest BCUT2D eigenvalue weighted by atomic mass is 35.5. The summed E-state index contributed by atoms with van der Waals surface area (Å²) in [6, 6.07) is 5.15. The number of halogens is 2. The first-order valence-electron chi connectivity index (χ1n) is 9.13. The van der Waals surface area contributed by atoms with Gasteiger partial charge in [0.25, 0.3) is 0 Å². The lowest BCUT2D eigenvalue weighted by Crippen LogP contribution is -2.46. The molecule has 1 aromatic rings. The summed E-state index contributed by atoms with van der Waals surface area (Å²) in [5, 5.41) is 6.56. The van der Waals surface area contributed by atoms with E-state index in [4.69, 9.17) is 23.2 Å². The normalized spacial score (nSPS) is 16.6. The molecule has 0 bridgehead atoms. The van der Waals surface area contributed by atoms with Crippen molar-refractivity contribution in [3.05, 3.63) is 28.2 Å². The number of hydrogen-bond acceptors (Lipinski definition) is 4. The van der Waals surface area contributed by atoms with Crippen LogP contribution in [0.2, 0.25) is 10.0 Å². The van der Waals surface area contributed by atoms with Gasteiger partial charge in [-0.15, -0.1) is 0 Å². The van der Waals surface area contributed by atoms with Crippen LogP contribution in [0.4, 0.5) is 5.69 Å². The van der Waals surface area contributed by atoms with E-state index in [1.807, 2.05) is 20.8 Å². The summed E-state index contributed by atoms with van der Waals surface area (Å²) in [7, 11) is 0. The Morgan fingerprint density at radius 3 is 2.19 bits per heavy atom. The van der Waals surface area contributed by atoms with Gasteiger partial charge < -0.3 is 10.6 Å². The van der Waals surface area contributed by atoms with E-state index in [0.717, 1.165) is 32.6 Å². The first-order chi connectivity index (χ1) is 12.6. The number of benzene rings is 1. The predicted octanol–water partition coefficient (Wildman–Crippen LogP) is 2.85. The number of amides is 2. The van der Waals surface area contributed by atoms with Gasteiger partial charge in [0, 0.05) is 18.6 Å². The summed E-state index contributed by atoms with van der Waals surface area (Å²) < 4.78 is 0. The molecule has 2 amide bonds. The van der Waals surface area contributed by atoms with Crippen LogP contribution in [-0.2, 0) is 9.59 Å². The number of anilines is 1. The van der Waals surface area contributed by atoms with Crippen LogP contribution in [0.25, 0.3) is 0 Å². The van der Waals surface area contributed by atoms with Crippen molar-refractivity contribution in [2.75, 3.05) is 44.6 Å². The van der Waals surface area contributed by atoms with Gasteiger partial charge >= 0.3 is 0 Å². The third-order valence-electron chi connectivity index (χ3n) is 4.16. The third kappa shape index (κ3) is 7.66. The van der Waals surface area contributed by atoms with Crippen molar-refractivity contribution in [3.63, 3.8) is 0 Å². The minimum atomic E-state index is -0.228. The zero-order valence-electron chi connectivity index (χ0n) is 16.1. The molecule has 1 fully saturated rings. The Morgan fingerprint density at radius 1 is 1.00 bits per heavy atom. The van der Waals surface area contributed by atoms with Gasteiger partial charge in [-0.25, -0.2) is 0 Å². The number of nitrogens with zero attached hydrogens (tertiary/aromatic N) is 2. The van der Waals surface area contributed by atoms with Gasteiger partial charge in [-0.05, 0) is 52.4 Å². The molecular formula is C19H28Cl2N4O2. The SMILES string of the molecule is CC(C)(C)NC(=O)CN1CCCN(CC(=O)Nc2cccc(Cl)c2Cl)CC1. The molecule has 2 N–H and O–H groups in total. The highest BCUT2D eigenvalue weighted by molar-refractivity contribution is 6.44. The van der Waals surface area contributed by atoms with E-state index in [0.29, 0.717) is 22.3 Å². The van der Waals surface area contributed by atoms with Gasteiger partial charge in [-0.1, -0.05) is 29.3 Å². The molecule has 0 atom stereocenters. The lowest BCUT2D eigenvalue weighted by Gasteiger charge is -2.25. The number of rotatable bonds is 5. The fraction of sp³-hybridized carbons (Fsp3) is 0.579. The van der Waals surface area contributed by atoms with E-state index in [2.05, 4.69) is 20.4 Å². The van der Waals surface area contributed by atoms with Crippen LogP contribution in [0, 0.1) is 0 Å². The second-order valence-electron chi connectivity index (χ2n) is 7.85. The molecule has 8 heteroatoms. The molecule has 0 aromatic heterocycles. The smallest absolute Gasteiger partial charge is 0.238 e. The van der Waals surface area contributed by atoms with Crippen molar-refractivity contribution in [1.29, 1.82) is 0 Å². The average Bonchev–Trinajstić information content (AvgIpc) is 2.75. The van der Waals surface area contributed by atoms with E-state index in [1.165, 1.54) is 0 Å². The van der Waals surface area contributed by atoms with E-state index in [1.54, 1.807) is 18.2 Å². The summed E-state index contributed by atoms with van der Waals surface area (Å²) in [6.45, 7) is 9.73. The van der Waals surface area contributed by atoms with Gasteiger partial charge in [-0.3, -0.25) is 19.4 Å². The molecule has 1 aliphatic rings.